The van der Waals surface area contributed by atoms with Crippen molar-refractivity contribution in [2.75, 3.05) is 7.11 Å². The van der Waals surface area contributed by atoms with Gasteiger partial charge in [0.2, 0.25) is 0 Å². The van der Waals surface area contributed by atoms with Crippen LogP contribution in [-0.4, -0.2) is 12.7 Å². The SMILES string of the molecule is COc1ccc2c(c1)C[C@H]1[C@]3(C)CCCC(C)(C)[C@@]3(C)CC[C@]1(C)O2. The summed E-state index contributed by atoms with van der Waals surface area (Å²) in [6.45, 7) is 12.5. The van der Waals surface area contributed by atoms with Gasteiger partial charge in [-0.2, -0.15) is 0 Å². The minimum Gasteiger partial charge on any atom is -0.497 e. The Labute approximate surface area is 153 Å². The van der Waals surface area contributed by atoms with Crippen LogP contribution in [0.25, 0.3) is 0 Å². The van der Waals surface area contributed by atoms with Crippen molar-refractivity contribution in [1.82, 2.24) is 0 Å². The van der Waals surface area contributed by atoms with E-state index in [1.54, 1.807) is 7.11 Å². The van der Waals surface area contributed by atoms with Crippen molar-refractivity contribution in [3.8, 4) is 11.5 Å². The van der Waals surface area contributed by atoms with Crippen molar-refractivity contribution in [3.63, 3.8) is 0 Å². The third kappa shape index (κ3) is 2.15. The molecule has 0 unspecified atom stereocenters. The number of fused-ring (bicyclic) bond motifs is 4. The monoisotopic (exact) mass is 342 g/mol. The minimum absolute atomic E-state index is 0.0384. The molecule has 1 aromatic carbocycles. The third-order valence-electron chi connectivity index (χ3n) is 8.91. The number of ether oxygens (including phenoxy) is 2. The number of benzene rings is 1. The topological polar surface area (TPSA) is 18.5 Å². The van der Waals surface area contributed by atoms with Crippen LogP contribution in [0.15, 0.2) is 18.2 Å². The van der Waals surface area contributed by atoms with Gasteiger partial charge in [0.05, 0.1) is 7.11 Å². The van der Waals surface area contributed by atoms with E-state index in [2.05, 4.69) is 46.8 Å². The average Bonchev–Trinajstić information content (AvgIpc) is 2.56. The zero-order chi connectivity index (χ0) is 18.1. The molecule has 0 aromatic heterocycles. The van der Waals surface area contributed by atoms with Crippen molar-refractivity contribution in [2.45, 2.75) is 78.7 Å². The molecule has 1 aliphatic heterocycles. The van der Waals surface area contributed by atoms with Crippen LogP contribution >= 0.6 is 0 Å². The van der Waals surface area contributed by atoms with Crippen LogP contribution in [0.5, 0.6) is 11.5 Å². The zero-order valence-corrected chi connectivity index (χ0v) is 16.9. The summed E-state index contributed by atoms with van der Waals surface area (Å²) in [6, 6.07) is 6.33. The fraction of sp³-hybridized carbons (Fsp3) is 0.739. The molecule has 138 valence electrons. The lowest BCUT2D eigenvalue weighted by Gasteiger charge is -2.69. The van der Waals surface area contributed by atoms with E-state index in [1.165, 1.54) is 37.7 Å². The van der Waals surface area contributed by atoms with E-state index in [0.717, 1.165) is 17.9 Å². The lowest BCUT2D eigenvalue weighted by atomic mass is 9.38. The van der Waals surface area contributed by atoms with Crippen LogP contribution in [0, 0.1) is 22.2 Å². The number of methoxy groups -OCH3 is 1. The molecule has 3 aliphatic rings. The Kier molecular flexibility index (Phi) is 3.57. The molecule has 0 radical (unpaired) electrons. The largest absolute Gasteiger partial charge is 0.497 e. The van der Waals surface area contributed by atoms with Crippen LogP contribution in [0.2, 0.25) is 0 Å². The van der Waals surface area contributed by atoms with Gasteiger partial charge in [0, 0.05) is 5.92 Å². The van der Waals surface area contributed by atoms with Crippen LogP contribution in [-0.2, 0) is 6.42 Å². The fourth-order valence-electron chi connectivity index (χ4n) is 6.73. The molecule has 2 nitrogen and oxygen atoms in total. The molecular weight excluding hydrogens is 308 g/mol. The van der Waals surface area contributed by atoms with Crippen LogP contribution in [0.4, 0.5) is 0 Å². The summed E-state index contributed by atoms with van der Waals surface area (Å²) in [4.78, 5) is 0. The van der Waals surface area contributed by atoms with E-state index in [1.807, 2.05) is 6.07 Å². The van der Waals surface area contributed by atoms with Gasteiger partial charge in [0.25, 0.3) is 0 Å². The highest BCUT2D eigenvalue weighted by atomic mass is 16.5. The molecule has 0 amide bonds. The maximum atomic E-state index is 6.69. The van der Waals surface area contributed by atoms with Gasteiger partial charge in [-0.05, 0) is 79.0 Å². The maximum Gasteiger partial charge on any atom is 0.123 e. The zero-order valence-electron chi connectivity index (χ0n) is 16.9. The Bertz CT molecular complexity index is 693. The van der Waals surface area contributed by atoms with Crippen molar-refractivity contribution < 1.29 is 9.47 Å². The van der Waals surface area contributed by atoms with E-state index >= 15 is 0 Å². The number of rotatable bonds is 1. The van der Waals surface area contributed by atoms with Gasteiger partial charge in [-0.1, -0.05) is 34.1 Å². The van der Waals surface area contributed by atoms with Gasteiger partial charge in [0.15, 0.2) is 0 Å². The number of hydrogen-bond acceptors (Lipinski definition) is 2. The molecular formula is C23H34O2. The number of hydrogen-bond donors (Lipinski definition) is 0. The molecule has 2 heteroatoms. The van der Waals surface area contributed by atoms with Crippen molar-refractivity contribution in [1.29, 1.82) is 0 Å². The lowest BCUT2D eigenvalue weighted by Crippen LogP contribution is -2.65. The van der Waals surface area contributed by atoms with Gasteiger partial charge in [-0.3, -0.25) is 0 Å². The van der Waals surface area contributed by atoms with Crippen molar-refractivity contribution >= 4 is 0 Å². The second-order valence-electron chi connectivity index (χ2n) is 10.1. The molecule has 2 aliphatic carbocycles. The summed E-state index contributed by atoms with van der Waals surface area (Å²) in [5, 5.41) is 0. The minimum atomic E-state index is -0.0384. The standard InChI is InChI=1S/C23H34O2/c1-20(2)10-7-11-21(3)19-15-16-14-17(24-6)8-9-18(16)25-22(19,4)12-13-23(20,21)5/h8-9,14,19H,7,10-13,15H2,1-6H3/t19-,21-,22-,23+/m0/s1. The Balaban J connectivity index is 1.80. The summed E-state index contributed by atoms with van der Waals surface area (Å²) >= 11 is 0. The molecule has 0 spiro atoms. The Morgan fingerprint density at radius 1 is 1.00 bits per heavy atom. The molecule has 25 heavy (non-hydrogen) atoms. The molecule has 2 fully saturated rings. The van der Waals surface area contributed by atoms with Gasteiger partial charge in [-0.25, -0.2) is 0 Å². The first-order chi connectivity index (χ1) is 11.7. The first-order valence-corrected chi connectivity index (χ1v) is 10.0. The summed E-state index contributed by atoms with van der Waals surface area (Å²) in [7, 11) is 1.75. The second kappa shape index (κ2) is 5.18. The smallest absolute Gasteiger partial charge is 0.123 e. The predicted molar refractivity (Wildman–Crippen MR) is 102 cm³/mol. The molecule has 0 saturated heterocycles. The molecule has 1 heterocycles. The highest BCUT2D eigenvalue weighted by Crippen LogP contribution is 2.70. The van der Waals surface area contributed by atoms with E-state index in [0.29, 0.717) is 22.2 Å². The Morgan fingerprint density at radius 2 is 1.76 bits per heavy atom. The van der Waals surface area contributed by atoms with Gasteiger partial charge < -0.3 is 9.47 Å². The van der Waals surface area contributed by atoms with E-state index in [-0.39, 0.29) is 5.60 Å². The van der Waals surface area contributed by atoms with E-state index in [9.17, 15) is 0 Å². The first kappa shape index (κ1) is 17.2. The Morgan fingerprint density at radius 3 is 2.48 bits per heavy atom. The lowest BCUT2D eigenvalue weighted by molar-refractivity contribution is -0.213. The van der Waals surface area contributed by atoms with Crippen LogP contribution in [0.3, 0.4) is 0 Å². The van der Waals surface area contributed by atoms with Gasteiger partial charge in [0.1, 0.15) is 17.1 Å². The predicted octanol–water partition coefficient (Wildman–Crippen LogP) is 6.02. The highest BCUT2D eigenvalue weighted by molar-refractivity contribution is 5.43. The summed E-state index contributed by atoms with van der Waals surface area (Å²) < 4.78 is 12.2. The fourth-order valence-corrected chi connectivity index (χ4v) is 6.73. The van der Waals surface area contributed by atoms with Gasteiger partial charge in [-0.15, -0.1) is 0 Å². The molecule has 4 rings (SSSR count). The molecule has 4 atom stereocenters. The Hall–Kier alpha value is -1.18. The molecule has 0 bridgehead atoms. The summed E-state index contributed by atoms with van der Waals surface area (Å²) in [5.41, 5.74) is 2.39. The first-order valence-electron chi connectivity index (χ1n) is 10.0. The highest BCUT2D eigenvalue weighted by Gasteiger charge is 2.66. The summed E-state index contributed by atoms with van der Waals surface area (Å²) in [6.07, 6.45) is 7.58. The second-order valence-corrected chi connectivity index (χ2v) is 10.1. The summed E-state index contributed by atoms with van der Waals surface area (Å²) in [5.74, 6) is 2.58. The van der Waals surface area contributed by atoms with Gasteiger partial charge >= 0.3 is 0 Å². The van der Waals surface area contributed by atoms with Crippen LogP contribution in [0.1, 0.15) is 72.3 Å². The normalized spacial score (nSPS) is 41.8. The molecule has 2 saturated carbocycles. The molecule has 1 aromatic rings. The maximum absolute atomic E-state index is 6.69. The van der Waals surface area contributed by atoms with E-state index < -0.39 is 0 Å². The molecule has 0 N–H and O–H groups in total. The van der Waals surface area contributed by atoms with E-state index in [4.69, 9.17) is 9.47 Å². The third-order valence-corrected chi connectivity index (χ3v) is 8.91. The average molecular weight is 343 g/mol. The van der Waals surface area contributed by atoms with Crippen molar-refractivity contribution in [2.24, 2.45) is 22.2 Å². The quantitative estimate of drug-likeness (QED) is 0.621. The van der Waals surface area contributed by atoms with Crippen molar-refractivity contribution in [3.05, 3.63) is 23.8 Å². The van der Waals surface area contributed by atoms with Crippen LogP contribution < -0.4 is 9.47 Å².